The molecule has 0 saturated carbocycles. The van der Waals surface area contributed by atoms with E-state index in [-0.39, 0.29) is 12.0 Å². The fraction of sp³-hybridized carbons (Fsp3) is 0.818. The Balaban J connectivity index is 1.97. The van der Waals surface area contributed by atoms with Crippen LogP contribution < -0.4 is 5.32 Å². The molecule has 2 fully saturated rings. The van der Waals surface area contributed by atoms with Gasteiger partial charge in [-0.2, -0.15) is 0 Å². The number of rotatable bonds is 2. The molecule has 114 valence electrons. The fourth-order valence-corrected chi connectivity index (χ4v) is 3.11. The monoisotopic (exact) mass is 305 g/mol. The molecule has 2 aliphatic rings. The Bertz CT molecular complexity index is 406. The molecule has 0 aromatic heterocycles. The molecule has 2 heterocycles. The van der Waals surface area contributed by atoms with Crippen LogP contribution in [-0.4, -0.2) is 83.9 Å². The second kappa shape index (κ2) is 6.17. The Morgan fingerprint density at radius 3 is 2.80 bits per heavy atom. The van der Waals surface area contributed by atoms with E-state index in [1.54, 1.807) is 21.1 Å². The highest BCUT2D eigenvalue weighted by Gasteiger charge is 2.49. The van der Waals surface area contributed by atoms with Crippen LogP contribution >= 0.6 is 11.8 Å². The number of carbonyl (C=O) groups is 1. The van der Waals surface area contributed by atoms with E-state index in [0.717, 1.165) is 0 Å². The highest BCUT2D eigenvalue weighted by atomic mass is 32.2. The summed E-state index contributed by atoms with van der Waals surface area (Å²) < 4.78 is 10.7. The molecule has 0 unspecified atom stereocenters. The number of thioether (sulfide) groups is 1. The Labute approximate surface area is 121 Å². The lowest BCUT2D eigenvalue weighted by Crippen LogP contribution is -2.60. The van der Waals surface area contributed by atoms with Crippen LogP contribution in [0.1, 0.15) is 0 Å². The van der Waals surface area contributed by atoms with Gasteiger partial charge in [-0.3, -0.25) is 4.99 Å². The van der Waals surface area contributed by atoms with Gasteiger partial charge in [-0.1, -0.05) is 11.8 Å². The molecule has 20 heavy (non-hydrogen) atoms. The summed E-state index contributed by atoms with van der Waals surface area (Å²) in [7, 11) is 4.75. The minimum atomic E-state index is -1.13. The van der Waals surface area contributed by atoms with Gasteiger partial charge in [0.25, 0.3) is 0 Å². The van der Waals surface area contributed by atoms with Crippen LogP contribution in [0.15, 0.2) is 4.99 Å². The first kappa shape index (κ1) is 15.4. The average molecular weight is 305 g/mol. The molecule has 0 aliphatic carbocycles. The van der Waals surface area contributed by atoms with Gasteiger partial charge in [-0.05, 0) is 0 Å². The predicted octanol–water partition coefficient (Wildman–Crippen LogP) is -1.18. The van der Waals surface area contributed by atoms with Gasteiger partial charge in [0, 0.05) is 21.1 Å². The third kappa shape index (κ3) is 3.00. The number of amidine groups is 1. The van der Waals surface area contributed by atoms with E-state index in [0.29, 0.717) is 5.17 Å². The molecule has 0 aromatic rings. The van der Waals surface area contributed by atoms with Crippen molar-refractivity contribution < 1.29 is 24.5 Å². The Morgan fingerprint density at radius 2 is 2.20 bits per heavy atom. The molecule has 0 spiro atoms. The first-order chi connectivity index (χ1) is 9.43. The summed E-state index contributed by atoms with van der Waals surface area (Å²) in [5.74, 6) is 0. The molecular weight excluding hydrogens is 286 g/mol. The summed E-state index contributed by atoms with van der Waals surface area (Å²) in [6, 6.07) is -0.422. The molecule has 8 nitrogen and oxygen atoms in total. The number of aliphatic imine (C=N–C) groups is 1. The van der Waals surface area contributed by atoms with Crippen molar-refractivity contribution in [3.05, 3.63) is 0 Å². The normalized spacial score (nSPS) is 38.2. The Kier molecular flexibility index (Phi) is 4.74. The van der Waals surface area contributed by atoms with Crippen LogP contribution in [-0.2, 0) is 9.47 Å². The van der Waals surface area contributed by atoms with Gasteiger partial charge in [0.15, 0.2) is 5.17 Å². The molecule has 2 saturated heterocycles. The first-order valence-corrected chi connectivity index (χ1v) is 7.07. The maximum atomic E-state index is 11.4. The molecule has 3 N–H and O–H groups in total. The Morgan fingerprint density at radius 1 is 1.50 bits per heavy atom. The molecule has 0 radical (unpaired) electrons. The smallest absolute Gasteiger partial charge is 0.409 e. The number of nitrogens with one attached hydrogen (secondary N) is 1. The maximum Gasteiger partial charge on any atom is 0.409 e. The van der Waals surface area contributed by atoms with E-state index in [4.69, 9.17) is 9.47 Å². The molecule has 9 heteroatoms. The number of nitrogens with zero attached hydrogens (tertiary/aromatic N) is 2. The number of hydrogen-bond donors (Lipinski definition) is 3. The van der Waals surface area contributed by atoms with E-state index in [9.17, 15) is 15.0 Å². The first-order valence-electron chi connectivity index (χ1n) is 6.19. The van der Waals surface area contributed by atoms with Gasteiger partial charge < -0.3 is 29.9 Å². The van der Waals surface area contributed by atoms with E-state index in [2.05, 4.69) is 10.3 Å². The second-order valence-electron chi connectivity index (χ2n) is 4.81. The second-order valence-corrected chi connectivity index (χ2v) is 5.90. The zero-order chi connectivity index (χ0) is 14.9. The summed E-state index contributed by atoms with van der Waals surface area (Å²) in [6.45, 7) is -0.113. The van der Waals surface area contributed by atoms with Crippen LogP contribution in [0.3, 0.4) is 0 Å². The van der Waals surface area contributed by atoms with Crippen LogP contribution in [0.2, 0.25) is 0 Å². The highest BCUT2D eigenvalue weighted by Crippen LogP contribution is 2.33. The van der Waals surface area contributed by atoms with Crippen molar-refractivity contribution in [2.45, 2.75) is 29.8 Å². The standard InChI is InChI=1S/C11H19N3O5S/c1-12-10-13-6-8(16)7(15)5(19-9(6)20-10)4-18-11(17)14(2)3/h5-9,15-16H,4H2,1-3H3,(H,12,13)/t5-,6-,7-,8-,9-/m1/s1. The zero-order valence-electron chi connectivity index (χ0n) is 11.5. The molecule has 2 rings (SSSR count). The van der Waals surface area contributed by atoms with Crippen LogP contribution in [0.5, 0.6) is 0 Å². The molecule has 2 aliphatic heterocycles. The molecule has 1 amide bonds. The minimum Gasteiger partial charge on any atom is -0.447 e. The number of aliphatic hydroxyl groups excluding tert-OH is 2. The van der Waals surface area contributed by atoms with Crippen molar-refractivity contribution in [2.75, 3.05) is 27.7 Å². The number of hydrogen-bond acceptors (Lipinski definition) is 7. The lowest BCUT2D eigenvalue weighted by Gasteiger charge is -2.38. The van der Waals surface area contributed by atoms with Gasteiger partial charge in [-0.15, -0.1) is 0 Å². The lowest BCUT2D eigenvalue weighted by molar-refractivity contribution is -0.168. The number of fused-ring (bicyclic) bond motifs is 1. The lowest BCUT2D eigenvalue weighted by atomic mass is 9.98. The van der Waals surface area contributed by atoms with Crippen LogP contribution in [0.25, 0.3) is 0 Å². The molecule has 0 bridgehead atoms. The summed E-state index contributed by atoms with van der Waals surface area (Å²) in [5, 5.41) is 23.8. The van der Waals surface area contributed by atoms with Gasteiger partial charge in [-0.25, -0.2) is 4.79 Å². The van der Waals surface area contributed by atoms with E-state index in [1.807, 2.05) is 0 Å². The van der Waals surface area contributed by atoms with Crippen molar-refractivity contribution in [3.63, 3.8) is 0 Å². The summed E-state index contributed by atoms with van der Waals surface area (Å²) in [6.07, 6.45) is -3.43. The third-order valence-corrected chi connectivity index (χ3v) is 4.32. The van der Waals surface area contributed by atoms with Gasteiger partial charge >= 0.3 is 6.09 Å². The summed E-state index contributed by atoms with van der Waals surface area (Å²) in [5.41, 5.74) is -0.366. The maximum absolute atomic E-state index is 11.4. The van der Waals surface area contributed by atoms with Crippen LogP contribution in [0.4, 0.5) is 4.79 Å². The topological polar surface area (TPSA) is 104 Å². The van der Waals surface area contributed by atoms with Crippen molar-refractivity contribution >= 4 is 23.0 Å². The number of ether oxygens (including phenoxy) is 2. The molecule has 0 aromatic carbocycles. The zero-order valence-corrected chi connectivity index (χ0v) is 12.3. The van der Waals surface area contributed by atoms with E-state index < -0.39 is 30.4 Å². The summed E-state index contributed by atoms with van der Waals surface area (Å²) >= 11 is 1.34. The van der Waals surface area contributed by atoms with Crippen molar-refractivity contribution in [1.29, 1.82) is 0 Å². The average Bonchev–Trinajstić information content (AvgIpc) is 2.84. The number of amides is 1. The van der Waals surface area contributed by atoms with E-state index >= 15 is 0 Å². The number of carbonyl (C=O) groups excluding carboxylic acids is 1. The Hall–Kier alpha value is -1.03. The van der Waals surface area contributed by atoms with Crippen molar-refractivity contribution in [2.24, 2.45) is 4.99 Å². The summed E-state index contributed by atoms with van der Waals surface area (Å²) in [4.78, 5) is 16.6. The van der Waals surface area contributed by atoms with Crippen molar-refractivity contribution in [1.82, 2.24) is 10.2 Å². The third-order valence-electron chi connectivity index (χ3n) is 3.16. The molecule has 5 atom stereocenters. The van der Waals surface area contributed by atoms with Gasteiger partial charge in [0.05, 0.1) is 6.04 Å². The van der Waals surface area contributed by atoms with Crippen molar-refractivity contribution in [3.8, 4) is 0 Å². The fourth-order valence-electron chi connectivity index (χ4n) is 2.01. The number of aliphatic hydroxyl groups is 2. The van der Waals surface area contributed by atoms with E-state index in [1.165, 1.54) is 16.7 Å². The quantitative estimate of drug-likeness (QED) is 0.590. The van der Waals surface area contributed by atoms with Gasteiger partial charge in [0.2, 0.25) is 0 Å². The van der Waals surface area contributed by atoms with Gasteiger partial charge in [0.1, 0.15) is 30.4 Å². The highest BCUT2D eigenvalue weighted by molar-refractivity contribution is 8.14. The minimum absolute atomic E-state index is 0.113. The SMILES string of the molecule is CN=C1N[C@@H]2[C@@H](O)[C@H](O)[C@@H](COC(=O)N(C)C)O[C@@H]2S1. The largest absolute Gasteiger partial charge is 0.447 e. The van der Waals surface area contributed by atoms with Crippen LogP contribution in [0, 0.1) is 0 Å². The predicted molar refractivity (Wildman–Crippen MR) is 73.6 cm³/mol. The molecular formula is C11H19N3O5S.